The van der Waals surface area contributed by atoms with Crippen molar-refractivity contribution in [1.29, 1.82) is 0 Å². The van der Waals surface area contributed by atoms with E-state index >= 15 is 0 Å². The van der Waals surface area contributed by atoms with Crippen molar-refractivity contribution in [3.05, 3.63) is 71.2 Å². The highest BCUT2D eigenvalue weighted by Crippen LogP contribution is 2.16. The molecule has 0 spiro atoms. The van der Waals surface area contributed by atoms with Crippen LogP contribution in [-0.2, 0) is 17.9 Å². The van der Waals surface area contributed by atoms with E-state index in [9.17, 15) is 18.0 Å². The zero-order valence-corrected chi connectivity index (χ0v) is 14.6. The maximum absolute atomic E-state index is 12.3. The number of aromatic nitrogens is 2. The molecule has 2 heterocycles. The number of ether oxygens (including phenoxy) is 1. The molecule has 3 aromatic rings. The molecule has 0 saturated carbocycles. The van der Waals surface area contributed by atoms with Gasteiger partial charge < -0.3 is 14.5 Å². The molecule has 0 fully saturated rings. The molecule has 142 valence electrons. The van der Waals surface area contributed by atoms with Gasteiger partial charge in [-0.15, -0.1) is 0 Å². The van der Waals surface area contributed by atoms with Crippen LogP contribution < -0.4 is 5.32 Å². The summed E-state index contributed by atoms with van der Waals surface area (Å²) in [6.45, 7) is 0.845. The van der Waals surface area contributed by atoms with Crippen LogP contribution in [0.2, 0.25) is 0 Å². The molecule has 3 rings (SSSR count). The third-order valence-corrected chi connectivity index (χ3v) is 3.86. The predicted octanol–water partition coefficient (Wildman–Crippen LogP) is 3.65. The quantitative estimate of drug-likeness (QED) is 0.713. The molecule has 0 bridgehead atoms. The zero-order valence-electron chi connectivity index (χ0n) is 14.6. The average molecular weight is 377 g/mol. The third-order valence-electron chi connectivity index (χ3n) is 3.86. The zero-order chi connectivity index (χ0) is 19.4. The van der Waals surface area contributed by atoms with Gasteiger partial charge in [0.15, 0.2) is 0 Å². The fraction of sp³-hybridized carbons (Fsp3) is 0.263. The molecule has 0 atom stereocenters. The van der Waals surface area contributed by atoms with Crippen molar-refractivity contribution in [1.82, 2.24) is 14.7 Å². The van der Waals surface area contributed by atoms with Crippen molar-refractivity contribution in [3.8, 4) is 0 Å². The number of alkyl halides is 3. The number of nitrogens with zero attached hydrogens (tertiary/aromatic N) is 2. The number of pyridine rings is 1. The molecule has 5 nitrogen and oxygen atoms in total. The lowest BCUT2D eigenvalue weighted by Crippen LogP contribution is -2.23. The SMILES string of the molecule is Cc1ccn2cc(C(=O)NCc3ccc(COCC(F)(F)F)cc3)nc2c1. The minimum absolute atomic E-state index is 0.118. The molecule has 27 heavy (non-hydrogen) atoms. The summed E-state index contributed by atoms with van der Waals surface area (Å²) in [6, 6.07) is 10.6. The first-order valence-electron chi connectivity index (χ1n) is 8.26. The summed E-state index contributed by atoms with van der Waals surface area (Å²) in [5.41, 5.74) is 3.52. The Balaban J connectivity index is 1.53. The van der Waals surface area contributed by atoms with Crippen LogP contribution in [0.15, 0.2) is 48.8 Å². The number of hydrogen-bond acceptors (Lipinski definition) is 3. The van der Waals surface area contributed by atoms with Gasteiger partial charge in [0.05, 0.1) is 6.61 Å². The van der Waals surface area contributed by atoms with Crippen molar-refractivity contribution in [3.63, 3.8) is 0 Å². The van der Waals surface area contributed by atoms with Gasteiger partial charge in [0.1, 0.15) is 17.9 Å². The number of halogens is 3. The Bertz CT molecular complexity index is 934. The van der Waals surface area contributed by atoms with Gasteiger partial charge >= 0.3 is 6.18 Å². The van der Waals surface area contributed by atoms with E-state index in [0.717, 1.165) is 11.1 Å². The summed E-state index contributed by atoms with van der Waals surface area (Å²) in [4.78, 5) is 16.6. The molecule has 1 N–H and O–H groups in total. The Kier molecular flexibility index (Phi) is 5.46. The van der Waals surface area contributed by atoms with Crippen LogP contribution in [0.25, 0.3) is 5.65 Å². The van der Waals surface area contributed by atoms with E-state index in [1.807, 2.05) is 25.3 Å². The number of rotatable bonds is 6. The van der Waals surface area contributed by atoms with Crippen LogP contribution in [0.5, 0.6) is 0 Å². The molecule has 2 aromatic heterocycles. The standard InChI is InChI=1S/C19H18F3N3O2/c1-13-6-7-25-10-16(24-17(25)8-13)18(26)23-9-14-2-4-15(5-3-14)11-27-12-19(20,21)22/h2-8,10H,9,11-12H2,1H3,(H,23,26). The summed E-state index contributed by atoms with van der Waals surface area (Å²) < 4.78 is 42.6. The highest BCUT2D eigenvalue weighted by atomic mass is 19.4. The van der Waals surface area contributed by atoms with E-state index in [1.54, 1.807) is 34.9 Å². The summed E-state index contributed by atoms with van der Waals surface area (Å²) in [5, 5.41) is 2.78. The van der Waals surface area contributed by atoms with Crippen molar-refractivity contribution >= 4 is 11.6 Å². The summed E-state index contributed by atoms with van der Waals surface area (Å²) >= 11 is 0. The summed E-state index contributed by atoms with van der Waals surface area (Å²) in [7, 11) is 0. The number of carbonyl (C=O) groups is 1. The lowest BCUT2D eigenvalue weighted by Gasteiger charge is -2.08. The molecule has 1 aromatic carbocycles. The van der Waals surface area contributed by atoms with E-state index < -0.39 is 12.8 Å². The van der Waals surface area contributed by atoms with Crippen molar-refractivity contribution < 1.29 is 22.7 Å². The van der Waals surface area contributed by atoms with Crippen molar-refractivity contribution in [2.75, 3.05) is 6.61 Å². The smallest absolute Gasteiger partial charge is 0.367 e. The van der Waals surface area contributed by atoms with Gasteiger partial charge in [-0.2, -0.15) is 13.2 Å². The summed E-state index contributed by atoms with van der Waals surface area (Å²) in [6.07, 6.45) is -0.833. The van der Waals surface area contributed by atoms with Gasteiger partial charge in [-0.3, -0.25) is 4.79 Å². The van der Waals surface area contributed by atoms with Crippen molar-refractivity contribution in [2.24, 2.45) is 0 Å². The number of aryl methyl sites for hydroxylation is 1. The number of carbonyl (C=O) groups excluding carboxylic acids is 1. The molecular formula is C19H18F3N3O2. The van der Waals surface area contributed by atoms with E-state index in [4.69, 9.17) is 0 Å². The van der Waals surface area contributed by atoms with Crippen LogP contribution >= 0.6 is 0 Å². The molecule has 1 amide bonds. The van der Waals surface area contributed by atoms with Crippen molar-refractivity contribution in [2.45, 2.75) is 26.3 Å². The number of imidazole rings is 1. The van der Waals surface area contributed by atoms with E-state index in [-0.39, 0.29) is 19.1 Å². The number of amides is 1. The predicted molar refractivity (Wildman–Crippen MR) is 93.3 cm³/mol. The van der Waals surface area contributed by atoms with E-state index in [1.165, 1.54) is 0 Å². The molecule has 0 radical (unpaired) electrons. The maximum Gasteiger partial charge on any atom is 0.411 e. The first-order chi connectivity index (χ1) is 12.8. The second-order valence-corrected chi connectivity index (χ2v) is 6.20. The normalized spacial score (nSPS) is 11.7. The lowest BCUT2D eigenvalue weighted by atomic mass is 10.1. The number of benzene rings is 1. The largest absolute Gasteiger partial charge is 0.411 e. The van der Waals surface area contributed by atoms with Gasteiger partial charge in [0.25, 0.3) is 5.91 Å². The molecule has 0 saturated heterocycles. The Morgan fingerprint density at radius 2 is 1.89 bits per heavy atom. The number of hydrogen-bond donors (Lipinski definition) is 1. The monoisotopic (exact) mass is 377 g/mol. The Morgan fingerprint density at radius 3 is 2.59 bits per heavy atom. The third kappa shape index (κ3) is 5.30. The van der Waals surface area contributed by atoms with E-state index in [2.05, 4.69) is 15.0 Å². The fourth-order valence-corrected chi connectivity index (χ4v) is 2.50. The Morgan fingerprint density at radius 1 is 1.19 bits per heavy atom. The van der Waals surface area contributed by atoms with Gasteiger partial charge in [-0.05, 0) is 35.7 Å². The molecule has 0 aliphatic rings. The maximum atomic E-state index is 12.3. The highest BCUT2D eigenvalue weighted by molar-refractivity contribution is 5.92. The summed E-state index contributed by atoms with van der Waals surface area (Å²) in [5.74, 6) is -0.297. The Labute approximate surface area is 153 Å². The first kappa shape index (κ1) is 18.9. The average Bonchev–Trinajstić information content (AvgIpc) is 3.03. The first-order valence-corrected chi connectivity index (χ1v) is 8.26. The van der Waals surface area contributed by atoms with Gasteiger partial charge in [-0.1, -0.05) is 24.3 Å². The number of nitrogens with one attached hydrogen (secondary N) is 1. The molecular weight excluding hydrogens is 359 g/mol. The van der Waals surface area contributed by atoms with Gasteiger partial charge in [0.2, 0.25) is 0 Å². The van der Waals surface area contributed by atoms with Crippen LogP contribution in [0.1, 0.15) is 27.2 Å². The van der Waals surface area contributed by atoms with Crippen LogP contribution in [0.4, 0.5) is 13.2 Å². The van der Waals surface area contributed by atoms with Crippen LogP contribution in [0, 0.1) is 6.92 Å². The van der Waals surface area contributed by atoms with Gasteiger partial charge in [-0.25, -0.2) is 4.98 Å². The Hall–Kier alpha value is -2.87. The second-order valence-electron chi connectivity index (χ2n) is 6.20. The fourth-order valence-electron chi connectivity index (χ4n) is 2.50. The topological polar surface area (TPSA) is 55.6 Å². The van der Waals surface area contributed by atoms with Crippen LogP contribution in [-0.4, -0.2) is 28.1 Å². The molecule has 8 heteroatoms. The number of fused-ring (bicyclic) bond motifs is 1. The highest BCUT2D eigenvalue weighted by Gasteiger charge is 2.27. The second kappa shape index (κ2) is 7.79. The van der Waals surface area contributed by atoms with Crippen LogP contribution in [0.3, 0.4) is 0 Å². The van der Waals surface area contributed by atoms with E-state index in [0.29, 0.717) is 16.9 Å². The molecule has 0 unspecified atom stereocenters. The minimum atomic E-state index is -4.33. The molecule has 0 aliphatic carbocycles. The molecule has 0 aliphatic heterocycles. The lowest BCUT2D eigenvalue weighted by molar-refractivity contribution is -0.176. The van der Waals surface area contributed by atoms with Gasteiger partial charge in [0, 0.05) is 18.9 Å². The minimum Gasteiger partial charge on any atom is -0.367 e.